The van der Waals surface area contributed by atoms with Gasteiger partial charge in [0.25, 0.3) is 0 Å². The molecular weight excluding hydrogens is 702 g/mol. The molecule has 1 aromatic carbocycles. The zero-order chi connectivity index (χ0) is 39.6. The van der Waals surface area contributed by atoms with Crippen LogP contribution in [0.15, 0.2) is 35.4 Å². The van der Waals surface area contributed by atoms with Crippen molar-refractivity contribution in [3.8, 4) is 0 Å². The molecule has 5 aliphatic rings. The highest BCUT2D eigenvalue weighted by Gasteiger charge is 2.70. The highest BCUT2D eigenvalue weighted by molar-refractivity contribution is 6.30. The first-order valence-electron chi connectivity index (χ1n) is 20.5. The van der Waals surface area contributed by atoms with E-state index < -0.39 is 28.9 Å². The van der Waals surface area contributed by atoms with Crippen LogP contribution in [-0.4, -0.2) is 47.6 Å². The summed E-state index contributed by atoms with van der Waals surface area (Å²) in [6, 6.07) is 7.77. The zero-order valence-electron chi connectivity index (χ0n) is 34.1. The standard InChI is InChI=1S/C45H64ClNO7/c1-26(2)38-33(49)22-45(36(53-28(4)48)25-47-24-29-11-10-12-30(46)21-29)20-19-43(8)32(39(38)45)13-14-35-42(7)17-16-34(27(3)31(42)15-18-44(35,43)9)54-37(50)23-41(5,6)40(51)52/h10-12,21,26-27,31-32,34-36,47H,13-20,22-25H2,1-9H3,(H,51,52)/t27-,31+,32-,34+,35-,36-,42+,43-,44-,45+/m1/s1. The molecule has 0 radical (unpaired) electrons. The van der Waals surface area contributed by atoms with Crippen LogP contribution in [0.3, 0.4) is 0 Å². The smallest absolute Gasteiger partial charge is 0.309 e. The summed E-state index contributed by atoms with van der Waals surface area (Å²) < 4.78 is 12.3. The molecule has 54 heavy (non-hydrogen) atoms. The zero-order valence-corrected chi connectivity index (χ0v) is 34.9. The molecule has 0 amide bonds. The number of nitrogens with one attached hydrogen (secondary N) is 1. The van der Waals surface area contributed by atoms with Crippen molar-refractivity contribution in [2.45, 2.75) is 145 Å². The van der Waals surface area contributed by atoms with Crippen LogP contribution in [0.25, 0.3) is 0 Å². The number of halogens is 1. The summed E-state index contributed by atoms with van der Waals surface area (Å²) in [5.74, 6) is -0.169. The van der Waals surface area contributed by atoms with E-state index in [2.05, 4.69) is 46.9 Å². The van der Waals surface area contributed by atoms with E-state index in [1.165, 1.54) is 12.5 Å². The highest BCUT2D eigenvalue weighted by atomic mass is 35.5. The van der Waals surface area contributed by atoms with Crippen molar-refractivity contribution in [1.82, 2.24) is 5.32 Å². The SMILES string of the molecule is CC(=O)O[C@H](CNCc1cccc(Cl)c1)[C@@]12CC[C@]3(C)[C@H](CC[C@@H]4[C@@]5(C)CC[C@H](OC(=O)CC(C)(C)C(=O)O)[C@H](C)[C@@H]5CC[C@]43C)C1=C(C(C)C)C(=O)C2. The molecule has 10 atom stereocenters. The van der Waals surface area contributed by atoms with Crippen LogP contribution in [0.1, 0.15) is 132 Å². The van der Waals surface area contributed by atoms with Crippen LogP contribution in [0.5, 0.6) is 0 Å². The molecule has 8 nitrogen and oxygen atoms in total. The number of hydrogen-bond donors (Lipinski definition) is 2. The second-order valence-electron chi connectivity index (χ2n) is 19.6. The van der Waals surface area contributed by atoms with Gasteiger partial charge in [-0.1, -0.05) is 65.3 Å². The Balaban J connectivity index is 1.28. The molecule has 4 fully saturated rings. The molecule has 9 heteroatoms. The van der Waals surface area contributed by atoms with Crippen molar-refractivity contribution in [3.63, 3.8) is 0 Å². The molecule has 1 aromatic rings. The Hall–Kier alpha value is -2.71. The van der Waals surface area contributed by atoms with E-state index >= 15 is 0 Å². The average molecular weight is 766 g/mol. The molecular formula is C45H64ClNO7. The van der Waals surface area contributed by atoms with E-state index in [-0.39, 0.29) is 58.3 Å². The number of Topliss-reactive ketones (excluding diaryl/α,β-unsaturated/α-hetero) is 1. The first-order valence-corrected chi connectivity index (χ1v) is 20.9. The number of carboxylic acid groups (broad SMARTS) is 1. The Bertz CT molecular complexity index is 1700. The van der Waals surface area contributed by atoms with Crippen molar-refractivity contribution in [3.05, 3.63) is 46.0 Å². The maximum Gasteiger partial charge on any atom is 0.309 e. The summed E-state index contributed by atoms with van der Waals surface area (Å²) in [6.45, 7) is 19.8. The van der Waals surface area contributed by atoms with Gasteiger partial charge in [0.15, 0.2) is 5.78 Å². The molecule has 0 aromatic heterocycles. The van der Waals surface area contributed by atoms with Gasteiger partial charge in [-0.15, -0.1) is 0 Å². The fourth-order valence-electron chi connectivity index (χ4n) is 13.0. The third-order valence-corrected chi connectivity index (χ3v) is 16.2. The lowest BCUT2D eigenvalue weighted by molar-refractivity contribution is -0.218. The summed E-state index contributed by atoms with van der Waals surface area (Å²) in [6.07, 6.45) is 7.29. The molecule has 0 aliphatic heterocycles. The number of fused-ring (bicyclic) bond motifs is 7. The Morgan fingerprint density at radius 1 is 1.02 bits per heavy atom. The molecule has 5 aliphatic carbocycles. The molecule has 2 N–H and O–H groups in total. The number of hydrogen-bond acceptors (Lipinski definition) is 7. The molecule has 298 valence electrons. The van der Waals surface area contributed by atoms with Crippen LogP contribution < -0.4 is 5.32 Å². The van der Waals surface area contributed by atoms with Crippen molar-refractivity contribution in [2.75, 3.05) is 6.54 Å². The van der Waals surface area contributed by atoms with Gasteiger partial charge >= 0.3 is 17.9 Å². The number of benzene rings is 1. The van der Waals surface area contributed by atoms with Crippen LogP contribution in [0, 0.1) is 56.7 Å². The van der Waals surface area contributed by atoms with Gasteiger partial charge in [-0.3, -0.25) is 19.2 Å². The van der Waals surface area contributed by atoms with E-state index in [9.17, 15) is 24.3 Å². The maximum absolute atomic E-state index is 14.2. The van der Waals surface area contributed by atoms with E-state index in [1.54, 1.807) is 13.8 Å². The lowest BCUT2D eigenvalue weighted by Crippen LogP contribution is -2.65. The molecule has 0 heterocycles. The Morgan fingerprint density at radius 2 is 1.74 bits per heavy atom. The van der Waals surface area contributed by atoms with E-state index in [4.69, 9.17) is 21.1 Å². The molecule has 0 saturated heterocycles. The Kier molecular flexibility index (Phi) is 11.1. The second-order valence-corrected chi connectivity index (χ2v) is 20.0. The number of ether oxygens (including phenoxy) is 2. The third kappa shape index (κ3) is 6.77. The van der Waals surface area contributed by atoms with Gasteiger partial charge < -0.3 is 19.9 Å². The summed E-state index contributed by atoms with van der Waals surface area (Å²) in [7, 11) is 0. The normalized spacial score (nSPS) is 36.8. The van der Waals surface area contributed by atoms with Gasteiger partial charge in [0.1, 0.15) is 12.2 Å². The van der Waals surface area contributed by atoms with Crippen LogP contribution in [0.2, 0.25) is 5.02 Å². The first-order chi connectivity index (χ1) is 25.2. The fraction of sp³-hybridized carbons (Fsp3) is 0.733. The van der Waals surface area contributed by atoms with Gasteiger partial charge in [-0.05, 0) is 140 Å². The minimum atomic E-state index is -1.16. The fourth-order valence-corrected chi connectivity index (χ4v) is 13.2. The van der Waals surface area contributed by atoms with Gasteiger partial charge in [-0.2, -0.15) is 0 Å². The van der Waals surface area contributed by atoms with Crippen molar-refractivity contribution >= 4 is 35.3 Å². The number of carboxylic acids is 1. The van der Waals surface area contributed by atoms with Gasteiger partial charge in [-0.25, -0.2) is 0 Å². The van der Waals surface area contributed by atoms with Crippen molar-refractivity contribution < 1.29 is 33.8 Å². The number of ketones is 1. The highest BCUT2D eigenvalue weighted by Crippen LogP contribution is 2.76. The van der Waals surface area contributed by atoms with Gasteiger partial charge in [0.2, 0.25) is 0 Å². The minimum absolute atomic E-state index is 0.0323. The molecule has 6 rings (SSSR count). The number of carbonyl (C=O) groups excluding carboxylic acids is 3. The number of allylic oxidation sites excluding steroid dienone is 1. The summed E-state index contributed by atoms with van der Waals surface area (Å²) >= 11 is 6.28. The summed E-state index contributed by atoms with van der Waals surface area (Å²) in [5.41, 5.74) is 1.67. The van der Waals surface area contributed by atoms with Crippen molar-refractivity contribution in [1.29, 1.82) is 0 Å². The topological polar surface area (TPSA) is 119 Å². The minimum Gasteiger partial charge on any atom is -0.481 e. The average Bonchev–Trinajstić information content (AvgIpc) is 3.38. The van der Waals surface area contributed by atoms with E-state index in [1.807, 2.05) is 24.3 Å². The number of esters is 2. The predicted molar refractivity (Wildman–Crippen MR) is 209 cm³/mol. The van der Waals surface area contributed by atoms with E-state index in [0.717, 1.165) is 62.5 Å². The maximum atomic E-state index is 14.2. The summed E-state index contributed by atoms with van der Waals surface area (Å²) in [4.78, 5) is 51.7. The number of aliphatic carboxylic acids is 1. The second kappa shape index (κ2) is 14.7. The molecule has 4 saturated carbocycles. The number of rotatable bonds is 11. The van der Waals surface area contributed by atoms with Crippen LogP contribution in [-0.2, 0) is 35.2 Å². The first kappa shape index (κ1) is 40.9. The Labute approximate surface area is 327 Å². The van der Waals surface area contributed by atoms with Crippen molar-refractivity contribution in [2.24, 2.45) is 56.7 Å². The van der Waals surface area contributed by atoms with Gasteiger partial charge in [0, 0.05) is 36.9 Å². The van der Waals surface area contributed by atoms with E-state index in [0.29, 0.717) is 36.4 Å². The molecule has 0 unspecified atom stereocenters. The Morgan fingerprint density at radius 3 is 2.39 bits per heavy atom. The lowest BCUT2D eigenvalue weighted by atomic mass is 9.33. The number of carbonyl (C=O) groups is 4. The van der Waals surface area contributed by atoms with Gasteiger partial charge in [0.05, 0.1) is 11.8 Å². The molecule has 0 bridgehead atoms. The van der Waals surface area contributed by atoms with Crippen LogP contribution >= 0.6 is 11.6 Å². The quantitative estimate of drug-likeness (QED) is 0.214. The molecule has 0 spiro atoms. The summed E-state index contributed by atoms with van der Waals surface area (Å²) in [5, 5.41) is 13.8. The largest absolute Gasteiger partial charge is 0.481 e. The lowest BCUT2D eigenvalue weighted by Gasteiger charge is -2.71. The monoisotopic (exact) mass is 765 g/mol. The third-order valence-electron chi connectivity index (χ3n) is 15.9. The van der Waals surface area contributed by atoms with Crippen LogP contribution in [0.4, 0.5) is 0 Å². The predicted octanol–water partition coefficient (Wildman–Crippen LogP) is 9.36.